The molecule has 8 aromatic carbocycles. The molecule has 0 bridgehead atoms. The standard InChI is InChI=1S/C43H25N3O/c1-2-13-26(14-3-1)41-44-42(35-23-12-22-34-31-19-10-11-24-38(31)47-40(34)35)46-43(45-41)37-25-36-29-17-5-4-15-27(29)28-16-6-8-20-32(28)39(36)33-21-9-7-18-30(33)37/h1-25H. The number of nitrogens with zero attached hydrogens (tertiary/aromatic N) is 3. The van der Waals surface area contributed by atoms with Crippen LogP contribution in [-0.4, -0.2) is 15.0 Å². The van der Waals surface area contributed by atoms with Gasteiger partial charge in [0.1, 0.15) is 11.2 Å². The van der Waals surface area contributed by atoms with Gasteiger partial charge in [0, 0.05) is 21.9 Å². The first-order chi connectivity index (χ1) is 23.3. The van der Waals surface area contributed by atoms with E-state index in [1.54, 1.807) is 0 Å². The Morgan fingerprint density at radius 2 is 0.851 bits per heavy atom. The molecule has 2 aromatic heterocycles. The predicted molar refractivity (Wildman–Crippen MR) is 193 cm³/mol. The molecule has 10 rings (SSSR count). The minimum atomic E-state index is 0.575. The summed E-state index contributed by atoms with van der Waals surface area (Å²) >= 11 is 0. The molecule has 0 N–H and O–H groups in total. The molecule has 10 aromatic rings. The van der Waals surface area contributed by atoms with Crippen LogP contribution in [0.2, 0.25) is 0 Å². The molecule has 0 spiro atoms. The smallest absolute Gasteiger partial charge is 0.167 e. The van der Waals surface area contributed by atoms with Crippen LogP contribution in [0.5, 0.6) is 0 Å². The number of benzene rings is 8. The quantitative estimate of drug-likeness (QED) is 0.190. The fourth-order valence-electron chi connectivity index (χ4n) is 7.21. The van der Waals surface area contributed by atoms with Crippen molar-refractivity contribution >= 4 is 65.0 Å². The molecule has 0 aliphatic carbocycles. The van der Waals surface area contributed by atoms with Crippen molar-refractivity contribution in [2.75, 3.05) is 0 Å². The lowest BCUT2D eigenvalue weighted by Crippen LogP contribution is -2.01. The second-order valence-corrected chi connectivity index (χ2v) is 11.9. The first-order valence-corrected chi connectivity index (χ1v) is 15.8. The van der Waals surface area contributed by atoms with Gasteiger partial charge in [0.2, 0.25) is 0 Å². The SMILES string of the molecule is c1ccc(-c2nc(-c3cc4c5ccccc5c5ccccc5c4c4ccccc34)nc(-c3cccc4c3oc3ccccc34)n2)cc1. The molecule has 0 aliphatic rings. The summed E-state index contributed by atoms with van der Waals surface area (Å²) in [6.45, 7) is 0. The van der Waals surface area contributed by atoms with Gasteiger partial charge in [-0.3, -0.25) is 0 Å². The van der Waals surface area contributed by atoms with E-state index in [0.29, 0.717) is 17.5 Å². The number of hydrogen-bond donors (Lipinski definition) is 0. The van der Waals surface area contributed by atoms with E-state index in [0.717, 1.165) is 44.0 Å². The van der Waals surface area contributed by atoms with Crippen molar-refractivity contribution in [3.63, 3.8) is 0 Å². The molecule has 0 atom stereocenters. The van der Waals surface area contributed by atoms with Gasteiger partial charge >= 0.3 is 0 Å². The number of para-hydroxylation sites is 2. The highest BCUT2D eigenvalue weighted by Crippen LogP contribution is 2.43. The Bertz CT molecular complexity index is 2850. The zero-order chi connectivity index (χ0) is 30.9. The van der Waals surface area contributed by atoms with Crippen LogP contribution in [0.4, 0.5) is 0 Å². The van der Waals surface area contributed by atoms with Crippen molar-refractivity contribution in [3.05, 3.63) is 152 Å². The molecule has 4 nitrogen and oxygen atoms in total. The topological polar surface area (TPSA) is 51.8 Å². The number of aromatic nitrogens is 3. The molecule has 0 amide bonds. The molecule has 0 saturated heterocycles. The van der Waals surface area contributed by atoms with E-state index in [4.69, 9.17) is 19.4 Å². The van der Waals surface area contributed by atoms with E-state index in [9.17, 15) is 0 Å². The van der Waals surface area contributed by atoms with Gasteiger partial charge in [0.15, 0.2) is 17.5 Å². The number of rotatable bonds is 3. The Hall–Kier alpha value is -6.39. The third kappa shape index (κ3) is 3.92. The Labute approximate surface area is 269 Å². The molecule has 47 heavy (non-hydrogen) atoms. The molecule has 0 saturated carbocycles. The van der Waals surface area contributed by atoms with Crippen molar-refractivity contribution in [1.82, 2.24) is 15.0 Å². The van der Waals surface area contributed by atoms with Crippen molar-refractivity contribution in [2.24, 2.45) is 0 Å². The minimum Gasteiger partial charge on any atom is -0.455 e. The lowest BCUT2D eigenvalue weighted by Gasteiger charge is -2.16. The van der Waals surface area contributed by atoms with Crippen LogP contribution in [0.15, 0.2) is 156 Å². The number of furan rings is 1. The van der Waals surface area contributed by atoms with Crippen molar-refractivity contribution < 1.29 is 4.42 Å². The summed E-state index contributed by atoms with van der Waals surface area (Å²) in [5.74, 6) is 1.81. The molecule has 0 unspecified atom stereocenters. The van der Waals surface area contributed by atoms with Crippen LogP contribution in [0.25, 0.3) is 99.2 Å². The summed E-state index contributed by atoms with van der Waals surface area (Å²) in [4.78, 5) is 15.5. The summed E-state index contributed by atoms with van der Waals surface area (Å²) in [6, 6.07) is 52.7. The third-order valence-electron chi connectivity index (χ3n) is 9.30. The van der Waals surface area contributed by atoms with Crippen LogP contribution in [0.3, 0.4) is 0 Å². The van der Waals surface area contributed by atoms with Crippen LogP contribution >= 0.6 is 0 Å². The second kappa shape index (κ2) is 10.1. The highest BCUT2D eigenvalue weighted by atomic mass is 16.3. The first-order valence-electron chi connectivity index (χ1n) is 15.8. The molecule has 0 fully saturated rings. The lowest BCUT2D eigenvalue weighted by atomic mass is 9.89. The van der Waals surface area contributed by atoms with Crippen molar-refractivity contribution in [3.8, 4) is 34.2 Å². The normalized spacial score (nSPS) is 11.8. The third-order valence-corrected chi connectivity index (χ3v) is 9.30. The largest absolute Gasteiger partial charge is 0.455 e. The molecule has 4 heteroatoms. The molecular weight excluding hydrogens is 574 g/mol. The van der Waals surface area contributed by atoms with Gasteiger partial charge < -0.3 is 4.42 Å². The Morgan fingerprint density at radius 3 is 1.60 bits per heavy atom. The zero-order valence-electron chi connectivity index (χ0n) is 25.2. The van der Waals surface area contributed by atoms with Gasteiger partial charge in [-0.1, -0.05) is 133 Å². The van der Waals surface area contributed by atoms with Crippen LogP contribution in [-0.2, 0) is 0 Å². The fourth-order valence-corrected chi connectivity index (χ4v) is 7.21. The second-order valence-electron chi connectivity index (χ2n) is 11.9. The summed E-state index contributed by atoms with van der Waals surface area (Å²) < 4.78 is 6.45. The van der Waals surface area contributed by atoms with Crippen LogP contribution in [0.1, 0.15) is 0 Å². The van der Waals surface area contributed by atoms with Gasteiger partial charge in [0.05, 0.1) is 5.56 Å². The maximum Gasteiger partial charge on any atom is 0.167 e. The van der Waals surface area contributed by atoms with E-state index in [1.807, 2.05) is 60.7 Å². The minimum absolute atomic E-state index is 0.575. The van der Waals surface area contributed by atoms with Gasteiger partial charge in [0.25, 0.3) is 0 Å². The monoisotopic (exact) mass is 599 g/mol. The number of fused-ring (bicyclic) bond motifs is 11. The molecule has 2 heterocycles. The van der Waals surface area contributed by atoms with Crippen LogP contribution < -0.4 is 0 Å². The maximum absolute atomic E-state index is 6.45. The fraction of sp³-hybridized carbons (Fsp3) is 0. The molecule has 0 radical (unpaired) electrons. The van der Waals surface area contributed by atoms with Gasteiger partial charge in [-0.15, -0.1) is 0 Å². The summed E-state index contributed by atoms with van der Waals surface area (Å²) in [5, 5.41) is 11.7. The van der Waals surface area contributed by atoms with Crippen molar-refractivity contribution in [1.29, 1.82) is 0 Å². The Kier molecular flexibility index (Phi) is 5.54. The average molecular weight is 600 g/mol. The Balaban J connectivity index is 1.33. The highest BCUT2D eigenvalue weighted by molar-refractivity contribution is 6.32. The highest BCUT2D eigenvalue weighted by Gasteiger charge is 2.20. The van der Waals surface area contributed by atoms with E-state index in [2.05, 4.69) is 91.0 Å². The Morgan fingerprint density at radius 1 is 0.340 bits per heavy atom. The summed E-state index contributed by atoms with van der Waals surface area (Å²) in [5.41, 5.74) is 4.33. The van der Waals surface area contributed by atoms with Gasteiger partial charge in [-0.25, -0.2) is 15.0 Å². The van der Waals surface area contributed by atoms with Gasteiger partial charge in [-0.2, -0.15) is 0 Å². The van der Waals surface area contributed by atoms with Crippen molar-refractivity contribution in [2.45, 2.75) is 0 Å². The van der Waals surface area contributed by atoms with Crippen LogP contribution in [0, 0.1) is 0 Å². The summed E-state index contributed by atoms with van der Waals surface area (Å²) in [7, 11) is 0. The van der Waals surface area contributed by atoms with Gasteiger partial charge in [-0.05, 0) is 61.3 Å². The first kappa shape index (κ1) is 25.9. The summed E-state index contributed by atoms with van der Waals surface area (Å²) in [6.07, 6.45) is 0. The number of hydrogen-bond acceptors (Lipinski definition) is 4. The molecular formula is C43H25N3O. The van der Waals surface area contributed by atoms with E-state index in [1.165, 1.54) is 37.7 Å². The molecule has 0 aliphatic heterocycles. The van der Waals surface area contributed by atoms with E-state index >= 15 is 0 Å². The predicted octanol–water partition coefficient (Wildman–Crippen LogP) is 11.4. The average Bonchev–Trinajstić information content (AvgIpc) is 3.53. The maximum atomic E-state index is 6.45. The molecule has 218 valence electrons. The lowest BCUT2D eigenvalue weighted by molar-refractivity contribution is 0.669. The van der Waals surface area contributed by atoms with E-state index in [-0.39, 0.29) is 0 Å². The zero-order valence-corrected chi connectivity index (χ0v) is 25.2. The van der Waals surface area contributed by atoms with E-state index < -0.39 is 0 Å².